The van der Waals surface area contributed by atoms with Gasteiger partial charge in [0, 0.05) is 18.0 Å². The van der Waals surface area contributed by atoms with Gasteiger partial charge in [0.05, 0.1) is 42.9 Å². The number of amides is 2. The van der Waals surface area contributed by atoms with E-state index in [1.807, 2.05) is 0 Å². The van der Waals surface area contributed by atoms with Gasteiger partial charge in [-0.2, -0.15) is 13.2 Å². The number of anilines is 1. The van der Waals surface area contributed by atoms with Gasteiger partial charge in [-0.3, -0.25) is 9.78 Å². The molecule has 1 fully saturated rings. The lowest BCUT2D eigenvalue weighted by atomic mass is 9.85. The highest BCUT2D eigenvalue weighted by molar-refractivity contribution is 5.96. The van der Waals surface area contributed by atoms with Gasteiger partial charge in [-0.05, 0) is 48.2 Å². The number of nitrogens with one attached hydrogen (secondary N) is 3. The molecule has 0 aliphatic carbocycles. The van der Waals surface area contributed by atoms with Crippen molar-refractivity contribution in [1.29, 1.82) is 0 Å². The molecule has 48 heavy (non-hydrogen) atoms. The van der Waals surface area contributed by atoms with E-state index in [0.29, 0.717) is 17.5 Å². The SMILES string of the molecule is Cl.Cl.Cl.N[C@H](C(=O)Nc1cncc(F)c1CC[C@@H]1CN[C@H](COC(=O)NCC(F)(F)F)CO1)C(c1ccc(F)cc1)c1ccc(F)cc1. The number of pyridine rings is 1. The van der Waals surface area contributed by atoms with Crippen LogP contribution in [0.4, 0.5) is 36.8 Å². The van der Waals surface area contributed by atoms with E-state index in [-0.39, 0.29) is 80.8 Å². The predicted octanol–water partition coefficient (Wildman–Crippen LogP) is 5.44. The van der Waals surface area contributed by atoms with Gasteiger partial charge in [-0.25, -0.2) is 18.0 Å². The van der Waals surface area contributed by atoms with Crippen LogP contribution in [0.15, 0.2) is 60.9 Å². The maximum atomic E-state index is 14.9. The second-order valence-corrected chi connectivity index (χ2v) is 10.4. The Morgan fingerprint density at radius 1 is 0.979 bits per heavy atom. The number of ether oxygens (including phenoxy) is 2. The van der Waals surface area contributed by atoms with Crippen molar-refractivity contribution in [2.75, 3.05) is 31.6 Å². The molecule has 9 nitrogen and oxygen atoms in total. The Hall–Kier alpha value is -3.34. The van der Waals surface area contributed by atoms with Crippen LogP contribution in [-0.4, -0.2) is 67.7 Å². The molecule has 0 unspecified atom stereocenters. The lowest BCUT2D eigenvalue weighted by molar-refractivity contribution is -0.124. The number of aromatic nitrogens is 1. The van der Waals surface area contributed by atoms with E-state index < -0.39 is 60.2 Å². The maximum absolute atomic E-state index is 14.9. The van der Waals surface area contributed by atoms with Gasteiger partial charge in [0.1, 0.15) is 30.6 Å². The first-order valence-electron chi connectivity index (χ1n) is 13.9. The van der Waals surface area contributed by atoms with Crippen LogP contribution in [0, 0.1) is 17.5 Å². The first-order valence-corrected chi connectivity index (χ1v) is 13.9. The number of hydrogen-bond acceptors (Lipinski definition) is 7. The number of morpholine rings is 1. The standard InChI is InChI=1S/C30H31F6N5O4.3ClH/c31-19-5-1-17(2-6-19)26(18-3-7-20(32)8-4-18)27(37)28(42)41-25-13-38-12-24(33)23(25)10-9-22-11-39-21(14-44-22)15-45-29(43)40-16-30(34,35)36;;;/h1-8,12-13,21-22,26-27,39H,9-11,14-16,37H2,(H,40,43)(H,41,42);3*1H/t21-,22+,27-;;;/m0.../s1. The van der Waals surface area contributed by atoms with Crippen LogP contribution in [-0.2, 0) is 20.7 Å². The van der Waals surface area contributed by atoms with Crippen LogP contribution in [0.25, 0.3) is 0 Å². The third-order valence-electron chi connectivity index (χ3n) is 7.12. The van der Waals surface area contributed by atoms with E-state index in [4.69, 9.17) is 15.2 Å². The van der Waals surface area contributed by atoms with Crippen molar-refractivity contribution in [3.63, 3.8) is 0 Å². The summed E-state index contributed by atoms with van der Waals surface area (Å²) in [5.41, 5.74) is 7.66. The lowest BCUT2D eigenvalue weighted by Gasteiger charge is -2.30. The summed E-state index contributed by atoms with van der Waals surface area (Å²) < 4.78 is 89.3. The zero-order chi connectivity index (χ0) is 32.6. The minimum Gasteiger partial charge on any atom is -0.448 e. The van der Waals surface area contributed by atoms with Gasteiger partial charge in [-0.15, -0.1) is 37.2 Å². The van der Waals surface area contributed by atoms with E-state index in [2.05, 4.69) is 15.6 Å². The monoisotopic (exact) mass is 747 g/mol. The van der Waals surface area contributed by atoms with Crippen LogP contribution < -0.4 is 21.7 Å². The fourth-order valence-electron chi connectivity index (χ4n) is 4.80. The summed E-state index contributed by atoms with van der Waals surface area (Å²) in [7, 11) is 0. The number of carbonyl (C=O) groups is 2. The molecule has 3 aromatic rings. The highest BCUT2D eigenvalue weighted by Gasteiger charge is 2.30. The summed E-state index contributed by atoms with van der Waals surface area (Å²) >= 11 is 0. The Morgan fingerprint density at radius 3 is 2.08 bits per heavy atom. The number of rotatable bonds is 11. The van der Waals surface area contributed by atoms with Crippen molar-refractivity contribution < 1.29 is 45.4 Å². The van der Waals surface area contributed by atoms with Gasteiger partial charge >= 0.3 is 12.3 Å². The Morgan fingerprint density at radius 2 is 1.56 bits per heavy atom. The quantitative estimate of drug-likeness (QED) is 0.193. The molecule has 2 heterocycles. The van der Waals surface area contributed by atoms with Gasteiger partial charge in [-0.1, -0.05) is 24.3 Å². The van der Waals surface area contributed by atoms with Crippen molar-refractivity contribution in [1.82, 2.24) is 15.6 Å². The molecule has 0 bridgehead atoms. The van der Waals surface area contributed by atoms with Crippen molar-refractivity contribution in [2.45, 2.75) is 43.1 Å². The van der Waals surface area contributed by atoms with Crippen LogP contribution in [0.2, 0.25) is 0 Å². The minimum atomic E-state index is -4.56. The molecular weight excluding hydrogens is 715 g/mol. The molecule has 4 rings (SSSR count). The van der Waals surface area contributed by atoms with Crippen LogP contribution in [0.3, 0.4) is 0 Å². The van der Waals surface area contributed by atoms with Gasteiger partial charge in [0.15, 0.2) is 0 Å². The van der Waals surface area contributed by atoms with E-state index in [1.54, 1.807) is 5.32 Å². The first kappa shape index (κ1) is 42.7. The molecule has 3 atom stereocenters. The number of carbonyl (C=O) groups excluding carboxylic acids is 2. The highest BCUT2D eigenvalue weighted by atomic mass is 35.5. The summed E-state index contributed by atoms with van der Waals surface area (Å²) in [6.07, 6.45) is -3.42. The van der Waals surface area contributed by atoms with Crippen molar-refractivity contribution in [2.24, 2.45) is 5.73 Å². The predicted molar refractivity (Wildman–Crippen MR) is 172 cm³/mol. The molecule has 0 radical (unpaired) electrons. The van der Waals surface area contributed by atoms with Gasteiger partial charge < -0.3 is 31.2 Å². The number of nitrogens with two attached hydrogens (primary N) is 1. The zero-order valence-corrected chi connectivity index (χ0v) is 27.4. The number of alkyl carbamates (subject to hydrolysis) is 1. The second kappa shape index (κ2) is 19.6. The Kier molecular flexibility index (Phi) is 17.4. The fraction of sp³-hybridized carbons (Fsp3) is 0.367. The van der Waals surface area contributed by atoms with E-state index >= 15 is 0 Å². The molecule has 18 heteroatoms. The average molecular weight is 749 g/mol. The summed E-state index contributed by atoms with van der Waals surface area (Å²) in [4.78, 5) is 28.6. The third-order valence-corrected chi connectivity index (χ3v) is 7.12. The largest absolute Gasteiger partial charge is 0.448 e. The average Bonchev–Trinajstić information content (AvgIpc) is 3.01. The zero-order valence-electron chi connectivity index (χ0n) is 25.0. The van der Waals surface area contributed by atoms with Crippen molar-refractivity contribution >= 4 is 54.9 Å². The van der Waals surface area contributed by atoms with Crippen molar-refractivity contribution in [3.05, 3.63) is 95.1 Å². The van der Waals surface area contributed by atoms with E-state index in [0.717, 1.165) is 6.20 Å². The molecule has 5 N–H and O–H groups in total. The molecule has 1 aliphatic rings. The summed E-state index contributed by atoms with van der Waals surface area (Å²) in [6.45, 7) is -1.36. The van der Waals surface area contributed by atoms with Crippen molar-refractivity contribution in [3.8, 4) is 0 Å². The molecule has 1 aromatic heterocycles. The molecular formula is C30H34Cl3F6N5O4. The minimum absolute atomic E-state index is 0. The Labute approximate surface area is 290 Å². The van der Waals surface area contributed by atoms with Gasteiger partial charge in [0.25, 0.3) is 0 Å². The molecule has 1 aliphatic heterocycles. The highest BCUT2D eigenvalue weighted by Crippen LogP contribution is 2.29. The second-order valence-electron chi connectivity index (χ2n) is 10.4. The summed E-state index contributed by atoms with van der Waals surface area (Å²) in [5, 5.41) is 7.31. The van der Waals surface area contributed by atoms with E-state index in [1.165, 1.54) is 54.7 Å². The Bertz CT molecular complexity index is 1400. The normalized spacial score (nSPS) is 16.4. The fourth-order valence-corrected chi connectivity index (χ4v) is 4.80. The molecule has 2 aromatic carbocycles. The maximum Gasteiger partial charge on any atom is 0.407 e. The smallest absolute Gasteiger partial charge is 0.407 e. The van der Waals surface area contributed by atoms with E-state index in [9.17, 15) is 35.9 Å². The van der Waals surface area contributed by atoms with Gasteiger partial charge in [0.2, 0.25) is 5.91 Å². The lowest BCUT2D eigenvalue weighted by Crippen LogP contribution is -2.49. The molecule has 1 saturated heterocycles. The molecule has 2 amide bonds. The summed E-state index contributed by atoms with van der Waals surface area (Å²) in [6, 6.07) is 9.09. The number of alkyl halides is 3. The Balaban J connectivity index is 0.00000384. The number of nitrogens with zero attached hydrogens (tertiary/aromatic N) is 1. The number of halogens is 9. The van der Waals surface area contributed by atoms with Crippen LogP contribution in [0.5, 0.6) is 0 Å². The number of hydrogen-bond donors (Lipinski definition) is 4. The third kappa shape index (κ3) is 12.6. The molecule has 0 spiro atoms. The topological polar surface area (TPSA) is 128 Å². The molecule has 0 saturated carbocycles. The van der Waals surface area contributed by atoms with Crippen LogP contribution in [0.1, 0.15) is 29.0 Å². The first-order chi connectivity index (χ1) is 21.4. The summed E-state index contributed by atoms with van der Waals surface area (Å²) in [5.74, 6) is -3.11. The number of benzene rings is 2. The molecule has 266 valence electrons. The van der Waals surface area contributed by atoms with Crippen LogP contribution >= 0.6 is 37.2 Å².